The molecule has 0 fully saturated rings. The molecule has 0 spiro atoms. The summed E-state index contributed by atoms with van der Waals surface area (Å²) >= 11 is 1.56. The summed E-state index contributed by atoms with van der Waals surface area (Å²) in [6, 6.07) is 22.9. The molecule has 3 aromatic rings. The number of hydrogen-bond acceptors (Lipinski definition) is 2. The van der Waals surface area contributed by atoms with Gasteiger partial charge in [-0.05, 0) is 48.4 Å². The Kier molecular flexibility index (Phi) is 5.21. The Morgan fingerprint density at radius 3 is 2.46 bits per heavy atom. The monoisotopic (exact) mass is 335 g/mol. The Morgan fingerprint density at radius 2 is 1.71 bits per heavy atom. The minimum Gasteiger partial charge on any atom is -0.349 e. The van der Waals surface area contributed by atoms with Crippen LogP contribution in [0.4, 0.5) is 0 Å². The zero-order valence-corrected chi connectivity index (χ0v) is 14.8. The molecule has 1 unspecified atom stereocenters. The molecule has 0 heterocycles. The first-order valence-corrected chi connectivity index (χ1v) is 9.08. The van der Waals surface area contributed by atoms with Gasteiger partial charge >= 0.3 is 0 Å². The van der Waals surface area contributed by atoms with Crippen molar-refractivity contribution in [2.75, 3.05) is 5.75 Å². The van der Waals surface area contributed by atoms with E-state index >= 15 is 0 Å². The number of nitrogens with one attached hydrogen (secondary N) is 1. The van der Waals surface area contributed by atoms with E-state index in [1.807, 2.05) is 19.1 Å². The summed E-state index contributed by atoms with van der Waals surface area (Å²) in [6.45, 7) is 4.09. The van der Waals surface area contributed by atoms with Crippen LogP contribution in [0, 0.1) is 6.92 Å². The molecule has 0 radical (unpaired) electrons. The standard InChI is InChI=1S/C21H21NOS/c1-15-7-11-20(12-8-15)24-14-21(23)22-16(2)18-10-9-17-5-3-4-6-19(17)13-18/h3-13,16H,14H2,1-2H3,(H,22,23). The van der Waals surface area contributed by atoms with Crippen LogP contribution in [0.3, 0.4) is 0 Å². The largest absolute Gasteiger partial charge is 0.349 e. The summed E-state index contributed by atoms with van der Waals surface area (Å²) in [4.78, 5) is 13.3. The van der Waals surface area contributed by atoms with Gasteiger partial charge in [-0.15, -0.1) is 11.8 Å². The quantitative estimate of drug-likeness (QED) is 0.656. The maximum Gasteiger partial charge on any atom is 0.230 e. The molecule has 0 saturated heterocycles. The van der Waals surface area contributed by atoms with Crippen LogP contribution in [0.1, 0.15) is 24.1 Å². The summed E-state index contributed by atoms with van der Waals surface area (Å²) in [5.41, 5.74) is 2.36. The van der Waals surface area contributed by atoms with Crippen molar-refractivity contribution >= 4 is 28.4 Å². The van der Waals surface area contributed by atoms with Crippen molar-refractivity contribution in [1.29, 1.82) is 0 Å². The van der Waals surface area contributed by atoms with Crippen molar-refractivity contribution in [2.45, 2.75) is 24.8 Å². The van der Waals surface area contributed by atoms with Gasteiger partial charge in [-0.2, -0.15) is 0 Å². The van der Waals surface area contributed by atoms with Crippen molar-refractivity contribution in [1.82, 2.24) is 5.32 Å². The summed E-state index contributed by atoms with van der Waals surface area (Å²) in [5, 5.41) is 5.50. The molecule has 1 atom stereocenters. The highest BCUT2D eigenvalue weighted by Gasteiger charge is 2.10. The van der Waals surface area contributed by atoms with E-state index in [2.05, 4.69) is 66.8 Å². The lowest BCUT2D eigenvalue weighted by atomic mass is 10.0. The predicted octanol–water partition coefficient (Wildman–Crippen LogP) is 5.12. The molecule has 1 amide bonds. The number of rotatable bonds is 5. The van der Waals surface area contributed by atoms with Gasteiger partial charge in [0.1, 0.15) is 0 Å². The van der Waals surface area contributed by atoms with Crippen LogP contribution in [-0.2, 0) is 4.79 Å². The molecule has 122 valence electrons. The fraction of sp³-hybridized carbons (Fsp3) is 0.190. The molecule has 0 saturated carbocycles. The third-order valence-corrected chi connectivity index (χ3v) is 5.05. The normalized spacial score (nSPS) is 12.1. The van der Waals surface area contributed by atoms with Gasteiger partial charge in [0.2, 0.25) is 5.91 Å². The van der Waals surface area contributed by atoms with Gasteiger partial charge in [0.15, 0.2) is 0 Å². The third-order valence-electron chi connectivity index (χ3n) is 4.04. The molecule has 2 nitrogen and oxygen atoms in total. The minimum atomic E-state index is 0.000670. The molecule has 0 aliphatic rings. The van der Waals surface area contributed by atoms with Crippen molar-refractivity contribution in [3.05, 3.63) is 77.9 Å². The topological polar surface area (TPSA) is 29.1 Å². The van der Waals surface area contributed by atoms with E-state index in [0.29, 0.717) is 5.75 Å². The Labute approximate surface area is 147 Å². The molecule has 0 aliphatic carbocycles. The van der Waals surface area contributed by atoms with Gasteiger partial charge < -0.3 is 5.32 Å². The van der Waals surface area contributed by atoms with E-state index in [-0.39, 0.29) is 11.9 Å². The van der Waals surface area contributed by atoms with E-state index < -0.39 is 0 Å². The van der Waals surface area contributed by atoms with E-state index in [1.165, 1.54) is 16.3 Å². The number of benzene rings is 3. The van der Waals surface area contributed by atoms with Crippen LogP contribution in [0.5, 0.6) is 0 Å². The molecule has 3 rings (SSSR count). The van der Waals surface area contributed by atoms with Gasteiger partial charge in [0.05, 0.1) is 11.8 Å². The second-order valence-corrected chi connectivity index (χ2v) is 7.05. The van der Waals surface area contributed by atoms with Crippen LogP contribution in [-0.4, -0.2) is 11.7 Å². The van der Waals surface area contributed by atoms with Gasteiger partial charge in [0, 0.05) is 4.90 Å². The number of carbonyl (C=O) groups excluding carboxylic acids is 1. The predicted molar refractivity (Wildman–Crippen MR) is 102 cm³/mol. The average molecular weight is 335 g/mol. The molecule has 0 aromatic heterocycles. The fourth-order valence-corrected chi connectivity index (χ4v) is 3.34. The molecule has 0 aliphatic heterocycles. The zero-order chi connectivity index (χ0) is 16.9. The van der Waals surface area contributed by atoms with Gasteiger partial charge in [-0.1, -0.05) is 54.1 Å². The summed E-state index contributed by atoms with van der Waals surface area (Å²) in [7, 11) is 0. The molecule has 24 heavy (non-hydrogen) atoms. The lowest BCUT2D eigenvalue weighted by Gasteiger charge is -2.15. The molecule has 3 aromatic carbocycles. The average Bonchev–Trinajstić information content (AvgIpc) is 2.61. The Hall–Kier alpha value is -2.26. The van der Waals surface area contributed by atoms with Gasteiger partial charge in [-0.3, -0.25) is 4.79 Å². The zero-order valence-electron chi connectivity index (χ0n) is 14.0. The van der Waals surface area contributed by atoms with E-state index in [4.69, 9.17) is 0 Å². The van der Waals surface area contributed by atoms with Crippen LogP contribution in [0.15, 0.2) is 71.6 Å². The number of amides is 1. The summed E-state index contributed by atoms with van der Waals surface area (Å²) < 4.78 is 0. The number of carbonyl (C=O) groups is 1. The minimum absolute atomic E-state index is 0.000670. The number of hydrogen-bond donors (Lipinski definition) is 1. The van der Waals surface area contributed by atoms with Crippen molar-refractivity contribution in [3.8, 4) is 0 Å². The van der Waals surface area contributed by atoms with Gasteiger partial charge in [0.25, 0.3) is 0 Å². The van der Waals surface area contributed by atoms with Gasteiger partial charge in [-0.25, -0.2) is 0 Å². The smallest absolute Gasteiger partial charge is 0.230 e. The molecule has 3 heteroatoms. The van der Waals surface area contributed by atoms with Crippen LogP contribution >= 0.6 is 11.8 Å². The third kappa shape index (κ3) is 4.18. The SMILES string of the molecule is Cc1ccc(SCC(=O)NC(C)c2ccc3ccccc3c2)cc1. The number of aryl methyl sites for hydroxylation is 1. The Balaban J connectivity index is 1.59. The van der Waals surface area contributed by atoms with E-state index in [1.54, 1.807) is 11.8 Å². The number of thioether (sulfide) groups is 1. The fourth-order valence-electron chi connectivity index (χ4n) is 2.63. The first kappa shape index (κ1) is 16.6. The summed E-state index contributed by atoms with van der Waals surface area (Å²) in [6.07, 6.45) is 0. The van der Waals surface area contributed by atoms with Crippen LogP contribution in [0.25, 0.3) is 10.8 Å². The first-order valence-electron chi connectivity index (χ1n) is 8.09. The molecular formula is C21H21NOS. The molecule has 1 N–H and O–H groups in total. The van der Waals surface area contributed by atoms with Crippen molar-refractivity contribution in [3.63, 3.8) is 0 Å². The van der Waals surface area contributed by atoms with Crippen LogP contribution in [0.2, 0.25) is 0 Å². The second kappa shape index (κ2) is 7.54. The van der Waals surface area contributed by atoms with Crippen LogP contribution < -0.4 is 5.32 Å². The molecular weight excluding hydrogens is 314 g/mol. The summed E-state index contributed by atoms with van der Waals surface area (Å²) in [5.74, 6) is 0.488. The number of fused-ring (bicyclic) bond motifs is 1. The van der Waals surface area contributed by atoms with Crippen molar-refractivity contribution in [2.24, 2.45) is 0 Å². The highest BCUT2D eigenvalue weighted by atomic mass is 32.2. The lowest BCUT2D eigenvalue weighted by Crippen LogP contribution is -2.28. The highest BCUT2D eigenvalue weighted by molar-refractivity contribution is 8.00. The van der Waals surface area contributed by atoms with Crippen molar-refractivity contribution < 1.29 is 4.79 Å². The first-order chi connectivity index (χ1) is 11.6. The van der Waals surface area contributed by atoms with E-state index in [9.17, 15) is 4.79 Å². The lowest BCUT2D eigenvalue weighted by molar-refractivity contribution is -0.119. The maximum absolute atomic E-state index is 12.2. The Bertz CT molecular complexity index is 842. The maximum atomic E-state index is 12.2. The second-order valence-electron chi connectivity index (χ2n) is 6.00. The van der Waals surface area contributed by atoms with E-state index in [0.717, 1.165) is 10.5 Å². The Morgan fingerprint density at radius 1 is 1.00 bits per heavy atom. The molecule has 0 bridgehead atoms. The highest BCUT2D eigenvalue weighted by Crippen LogP contribution is 2.21.